The second-order valence-electron chi connectivity index (χ2n) is 7.06. The summed E-state index contributed by atoms with van der Waals surface area (Å²) in [5.74, 6) is -0.156. The third-order valence-electron chi connectivity index (χ3n) is 3.93. The summed E-state index contributed by atoms with van der Waals surface area (Å²) in [5.41, 5.74) is -0.596. The minimum absolute atomic E-state index is 0.0199. The molecule has 0 aromatic heterocycles. The highest BCUT2D eigenvalue weighted by Crippen LogP contribution is 2.16. The molecule has 2 saturated heterocycles. The lowest BCUT2D eigenvalue weighted by molar-refractivity contribution is -0.145. The van der Waals surface area contributed by atoms with Gasteiger partial charge in [0.1, 0.15) is 18.2 Å². The van der Waals surface area contributed by atoms with Gasteiger partial charge in [0.2, 0.25) is 5.91 Å². The quantitative estimate of drug-likeness (QED) is 0.801. The van der Waals surface area contributed by atoms with E-state index in [1.165, 1.54) is 0 Å². The number of nitrogens with one attached hydrogen (secondary N) is 1. The van der Waals surface area contributed by atoms with Crippen molar-refractivity contribution < 1.29 is 23.9 Å². The van der Waals surface area contributed by atoms with Gasteiger partial charge in [-0.1, -0.05) is 0 Å². The highest BCUT2D eigenvalue weighted by atomic mass is 16.6. The Morgan fingerprint density at radius 2 is 1.75 bits per heavy atom. The minimum atomic E-state index is -0.608. The number of rotatable bonds is 3. The van der Waals surface area contributed by atoms with Crippen LogP contribution in [0.5, 0.6) is 0 Å². The molecule has 0 radical (unpaired) electrons. The summed E-state index contributed by atoms with van der Waals surface area (Å²) >= 11 is 0. The van der Waals surface area contributed by atoms with Crippen LogP contribution in [0, 0.1) is 0 Å². The zero-order chi connectivity index (χ0) is 17.7. The van der Waals surface area contributed by atoms with E-state index in [-0.39, 0.29) is 24.5 Å². The molecule has 3 amide bonds. The lowest BCUT2D eigenvalue weighted by Crippen LogP contribution is -2.54. The van der Waals surface area contributed by atoms with Crippen molar-refractivity contribution in [2.75, 3.05) is 39.3 Å². The first-order chi connectivity index (χ1) is 11.3. The van der Waals surface area contributed by atoms with E-state index in [9.17, 15) is 14.4 Å². The molecule has 0 bridgehead atoms. The maximum atomic E-state index is 12.2. The molecular formula is C16H27N3O5. The number of carbonyl (C=O) groups is 3. The first-order valence-corrected chi connectivity index (χ1v) is 8.41. The first-order valence-electron chi connectivity index (χ1n) is 8.41. The van der Waals surface area contributed by atoms with Gasteiger partial charge in [0.05, 0.1) is 0 Å². The van der Waals surface area contributed by atoms with Gasteiger partial charge in [-0.25, -0.2) is 4.79 Å². The summed E-state index contributed by atoms with van der Waals surface area (Å²) in [6.07, 6.45) is 0.771. The van der Waals surface area contributed by atoms with E-state index in [2.05, 4.69) is 5.32 Å². The molecule has 1 atom stereocenters. The van der Waals surface area contributed by atoms with Crippen molar-refractivity contribution >= 4 is 17.9 Å². The van der Waals surface area contributed by atoms with Crippen LogP contribution in [0.2, 0.25) is 0 Å². The molecule has 0 aliphatic carbocycles. The molecule has 2 fully saturated rings. The Labute approximate surface area is 142 Å². The number of hydrogen-bond donors (Lipinski definition) is 1. The predicted octanol–water partition coefficient (Wildman–Crippen LogP) is 0.361. The Kier molecular flexibility index (Phi) is 6.04. The largest absolute Gasteiger partial charge is 0.444 e. The van der Waals surface area contributed by atoms with Gasteiger partial charge in [0.25, 0.3) is 5.91 Å². The average molecular weight is 341 g/mol. The zero-order valence-corrected chi connectivity index (χ0v) is 14.7. The number of amides is 3. The fourth-order valence-corrected chi connectivity index (χ4v) is 2.73. The number of ether oxygens (including phenoxy) is 2. The van der Waals surface area contributed by atoms with Crippen LogP contribution in [0.25, 0.3) is 0 Å². The van der Waals surface area contributed by atoms with Crippen LogP contribution in [-0.2, 0) is 19.1 Å². The third kappa shape index (κ3) is 5.36. The first kappa shape index (κ1) is 18.5. The van der Waals surface area contributed by atoms with Gasteiger partial charge in [-0.3, -0.25) is 9.59 Å². The van der Waals surface area contributed by atoms with Gasteiger partial charge in [-0.15, -0.1) is 0 Å². The molecule has 2 aliphatic heterocycles. The topological polar surface area (TPSA) is 88.2 Å². The predicted molar refractivity (Wildman–Crippen MR) is 86.4 cm³/mol. The molecule has 0 saturated carbocycles. The van der Waals surface area contributed by atoms with E-state index in [0.29, 0.717) is 32.8 Å². The van der Waals surface area contributed by atoms with Crippen molar-refractivity contribution in [2.45, 2.75) is 45.3 Å². The Morgan fingerprint density at radius 3 is 2.29 bits per heavy atom. The zero-order valence-electron chi connectivity index (χ0n) is 14.7. The molecule has 24 heavy (non-hydrogen) atoms. The number of alkyl carbamates (subject to hydrolysis) is 1. The molecule has 8 nitrogen and oxygen atoms in total. The molecule has 0 aromatic carbocycles. The Bertz CT molecular complexity index is 475. The van der Waals surface area contributed by atoms with E-state index in [0.717, 1.165) is 12.8 Å². The summed E-state index contributed by atoms with van der Waals surface area (Å²) in [6, 6.07) is 0. The van der Waals surface area contributed by atoms with Crippen molar-refractivity contribution in [1.82, 2.24) is 15.1 Å². The van der Waals surface area contributed by atoms with E-state index < -0.39 is 11.7 Å². The number of piperazine rings is 1. The summed E-state index contributed by atoms with van der Waals surface area (Å²) in [6.45, 7) is 7.75. The molecule has 1 N–H and O–H groups in total. The van der Waals surface area contributed by atoms with Gasteiger partial charge in [0.15, 0.2) is 0 Å². The van der Waals surface area contributed by atoms with Crippen LogP contribution in [0.3, 0.4) is 0 Å². The fraction of sp³-hybridized carbons (Fsp3) is 0.812. The highest BCUT2D eigenvalue weighted by Gasteiger charge is 2.31. The fourth-order valence-electron chi connectivity index (χ4n) is 2.73. The molecule has 136 valence electrons. The van der Waals surface area contributed by atoms with E-state index in [1.807, 2.05) is 0 Å². The maximum absolute atomic E-state index is 12.2. The van der Waals surface area contributed by atoms with Crippen molar-refractivity contribution in [3.05, 3.63) is 0 Å². The van der Waals surface area contributed by atoms with Crippen molar-refractivity contribution in [2.24, 2.45) is 0 Å². The van der Waals surface area contributed by atoms with Crippen LogP contribution in [-0.4, -0.2) is 78.7 Å². The van der Waals surface area contributed by atoms with Crippen LogP contribution >= 0.6 is 0 Å². The van der Waals surface area contributed by atoms with Gasteiger partial charge in [0, 0.05) is 32.8 Å². The van der Waals surface area contributed by atoms with Crippen molar-refractivity contribution in [3.63, 3.8) is 0 Å². The maximum Gasteiger partial charge on any atom is 0.408 e. The molecule has 2 aliphatic rings. The summed E-state index contributed by atoms with van der Waals surface area (Å²) in [7, 11) is 0. The second kappa shape index (κ2) is 7.83. The average Bonchev–Trinajstić information content (AvgIpc) is 3.05. The standard InChI is InChI=1S/C16H27N3O5/c1-16(2,3)24-15(22)17-11-13(20)18-6-8-19(9-7-18)14(21)12-5-4-10-23-12/h12H,4-11H2,1-3H3,(H,17,22). The Hall–Kier alpha value is -1.83. The van der Waals surface area contributed by atoms with Gasteiger partial charge in [-0.2, -0.15) is 0 Å². The van der Waals surface area contributed by atoms with Gasteiger partial charge >= 0.3 is 6.09 Å². The SMILES string of the molecule is CC(C)(C)OC(=O)NCC(=O)N1CCN(C(=O)C2CCCO2)CC1. The third-order valence-corrected chi connectivity index (χ3v) is 3.93. The van der Waals surface area contributed by atoms with Crippen molar-refractivity contribution in [1.29, 1.82) is 0 Å². The normalized spacial score (nSPS) is 21.5. The van der Waals surface area contributed by atoms with E-state index in [1.54, 1.807) is 30.6 Å². The highest BCUT2D eigenvalue weighted by molar-refractivity contribution is 5.83. The van der Waals surface area contributed by atoms with Crippen LogP contribution in [0.4, 0.5) is 4.79 Å². The monoisotopic (exact) mass is 341 g/mol. The summed E-state index contributed by atoms with van der Waals surface area (Å²) < 4.78 is 10.5. The Balaban J connectivity index is 1.70. The number of carbonyl (C=O) groups excluding carboxylic acids is 3. The minimum Gasteiger partial charge on any atom is -0.444 e. The summed E-state index contributed by atoms with van der Waals surface area (Å²) in [4.78, 5) is 39.3. The molecule has 0 spiro atoms. The number of nitrogens with zero attached hydrogens (tertiary/aromatic N) is 2. The lowest BCUT2D eigenvalue weighted by Gasteiger charge is -2.35. The second-order valence-corrected chi connectivity index (χ2v) is 7.06. The molecular weight excluding hydrogens is 314 g/mol. The van der Waals surface area contributed by atoms with E-state index >= 15 is 0 Å². The van der Waals surface area contributed by atoms with Crippen LogP contribution in [0.15, 0.2) is 0 Å². The Morgan fingerprint density at radius 1 is 1.12 bits per heavy atom. The van der Waals surface area contributed by atoms with E-state index in [4.69, 9.17) is 9.47 Å². The van der Waals surface area contributed by atoms with Gasteiger partial charge < -0.3 is 24.6 Å². The lowest BCUT2D eigenvalue weighted by atomic mass is 10.2. The molecule has 0 aromatic rings. The molecule has 2 rings (SSSR count). The molecule has 1 unspecified atom stereocenters. The summed E-state index contributed by atoms with van der Waals surface area (Å²) in [5, 5.41) is 2.46. The molecule has 2 heterocycles. The molecule has 8 heteroatoms. The number of hydrogen-bond acceptors (Lipinski definition) is 5. The van der Waals surface area contributed by atoms with Gasteiger partial charge in [-0.05, 0) is 33.6 Å². The smallest absolute Gasteiger partial charge is 0.408 e. The van der Waals surface area contributed by atoms with Crippen LogP contribution < -0.4 is 5.32 Å². The van der Waals surface area contributed by atoms with Crippen molar-refractivity contribution in [3.8, 4) is 0 Å². The van der Waals surface area contributed by atoms with Crippen LogP contribution in [0.1, 0.15) is 33.6 Å².